The van der Waals surface area contributed by atoms with Crippen molar-refractivity contribution in [3.8, 4) is 5.75 Å². The van der Waals surface area contributed by atoms with Gasteiger partial charge in [0.2, 0.25) is 10.0 Å². The zero-order chi connectivity index (χ0) is 12.9. The lowest BCUT2D eigenvalue weighted by Gasteiger charge is -2.08. The molecule has 0 radical (unpaired) electrons. The summed E-state index contributed by atoms with van der Waals surface area (Å²) in [6, 6.07) is 6.11. The van der Waals surface area contributed by atoms with Crippen LogP contribution < -0.4 is 9.46 Å². The van der Waals surface area contributed by atoms with Crippen LogP contribution in [0, 0.1) is 0 Å². The van der Waals surface area contributed by atoms with Crippen molar-refractivity contribution in [2.45, 2.75) is 6.92 Å². The van der Waals surface area contributed by atoms with Crippen LogP contribution in [0.25, 0.3) is 0 Å². The molecular weight excluding hydrogens is 246 g/mol. The first-order valence-corrected chi connectivity index (χ1v) is 6.53. The summed E-state index contributed by atoms with van der Waals surface area (Å²) in [7, 11) is -3.34. The molecule has 94 valence electrons. The number of ether oxygens (including phenoxy) is 1. The van der Waals surface area contributed by atoms with Crippen LogP contribution in [-0.2, 0) is 14.8 Å². The summed E-state index contributed by atoms with van der Waals surface area (Å²) in [6.45, 7) is 1.05. The average molecular weight is 259 g/mol. The van der Waals surface area contributed by atoms with Crippen molar-refractivity contribution in [3.05, 3.63) is 24.3 Å². The molecule has 17 heavy (non-hydrogen) atoms. The maximum absolute atomic E-state index is 11.3. The van der Waals surface area contributed by atoms with Crippen LogP contribution in [0.2, 0.25) is 0 Å². The molecule has 0 aliphatic rings. The van der Waals surface area contributed by atoms with Crippen LogP contribution in [0.3, 0.4) is 0 Å². The van der Waals surface area contributed by atoms with Gasteiger partial charge < -0.3 is 9.84 Å². The number of rotatable bonds is 6. The lowest BCUT2D eigenvalue weighted by molar-refractivity contribution is -0.139. The van der Waals surface area contributed by atoms with Gasteiger partial charge in [-0.25, -0.2) is 13.2 Å². The van der Waals surface area contributed by atoms with E-state index in [-0.39, 0.29) is 5.75 Å². The molecule has 1 aromatic rings. The van der Waals surface area contributed by atoms with Gasteiger partial charge in [-0.1, -0.05) is 6.07 Å². The highest BCUT2D eigenvalue weighted by Crippen LogP contribution is 2.18. The zero-order valence-corrected chi connectivity index (χ0v) is 10.0. The molecule has 0 unspecified atom stereocenters. The molecule has 1 rings (SSSR count). The molecule has 6 nitrogen and oxygen atoms in total. The number of nitrogens with one attached hydrogen (secondary N) is 1. The second-order valence-electron chi connectivity index (χ2n) is 3.22. The van der Waals surface area contributed by atoms with E-state index in [2.05, 4.69) is 4.72 Å². The Kier molecular flexibility index (Phi) is 4.33. The molecule has 0 amide bonds. The molecule has 0 saturated heterocycles. The summed E-state index contributed by atoms with van der Waals surface area (Å²) in [4.78, 5) is 10.3. The van der Waals surface area contributed by atoms with Gasteiger partial charge in [0.1, 0.15) is 5.75 Å². The van der Waals surface area contributed by atoms with Crippen molar-refractivity contribution >= 4 is 21.7 Å². The van der Waals surface area contributed by atoms with E-state index in [1.54, 1.807) is 18.2 Å². The van der Waals surface area contributed by atoms with Crippen molar-refractivity contribution < 1.29 is 23.1 Å². The SMILES string of the molecule is CCS(=O)(=O)Nc1cccc(OCC(=O)O)c1. The van der Waals surface area contributed by atoms with Crippen molar-refractivity contribution in [1.82, 2.24) is 0 Å². The summed E-state index contributed by atoms with van der Waals surface area (Å²) in [6.07, 6.45) is 0. The molecule has 0 aliphatic carbocycles. The predicted molar refractivity (Wildman–Crippen MR) is 62.7 cm³/mol. The summed E-state index contributed by atoms with van der Waals surface area (Å²) in [5.74, 6) is -0.832. The highest BCUT2D eigenvalue weighted by Gasteiger charge is 2.07. The lowest BCUT2D eigenvalue weighted by atomic mass is 10.3. The third-order valence-corrected chi connectivity index (χ3v) is 3.16. The maximum Gasteiger partial charge on any atom is 0.341 e. The fourth-order valence-corrected chi connectivity index (χ4v) is 1.68. The monoisotopic (exact) mass is 259 g/mol. The minimum atomic E-state index is -3.34. The highest BCUT2D eigenvalue weighted by atomic mass is 32.2. The van der Waals surface area contributed by atoms with Crippen molar-refractivity contribution in [2.24, 2.45) is 0 Å². The second kappa shape index (κ2) is 5.53. The molecule has 0 heterocycles. The molecule has 0 spiro atoms. The number of sulfonamides is 1. The first-order valence-electron chi connectivity index (χ1n) is 4.88. The van der Waals surface area contributed by atoms with Gasteiger partial charge in [0, 0.05) is 6.07 Å². The van der Waals surface area contributed by atoms with Crippen molar-refractivity contribution in [2.75, 3.05) is 17.1 Å². The van der Waals surface area contributed by atoms with E-state index in [1.165, 1.54) is 13.0 Å². The quantitative estimate of drug-likeness (QED) is 0.792. The largest absolute Gasteiger partial charge is 0.482 e. The number of carbonyl (C=O) groups is 1. The van der Waals surface area contributed by atoms with Crippen LogP contribution in [-0.4, -0.2) is 31.9 Å². The molecule has 0 atom stereocenters. The molecule has 0 aromatic heterocycles. The molecule has 0 aliphatic heterocycles. The number of anilines is 1. The van der Waals surface area contributed by atoms with Crippen LogP contribution in [0.1, 0.15) is 6.92 Å². The number of hydrogen-bond donors (Lipinski definition) is 2. The van der Waals surface area contributed by atoms with E-state index in [0.717, 1.165) is 0 Å². The average Bonchev–Trinajstić information content (AvgIpc) is 2.26. The minimum absolute atomic E-state index is 0.0345. The Balaban J connectivity index is 2.76. The minimum Gasteiger partial charge on any atom is -0.482 e. The van der Waals surface area contributed by atoms with Gasteiger partial charge in [-0.15, -0.1) is 0 Å². The van der Waals surface area contributed by atoms with E-state index in [1.807, 2.05) is 0 Å². The first-order chi connectivity index (χ1) is 7.93. The Hall–Kier alpha value is -1.76. The second-order valence-corrected chi connectivity index (χ2v) is 5.23. The number of carboxylic acid groups (broad SMARTS) is 1. The van der Waals surface area contributed by atoms with Crippen LogP contribution in [0.15, 0.2) is 24.3 Å². The van der Waals surface area contributed by atoms with Gasteiger partial charge in [0.15, 0.2) is 6.61 Å². The Bertz CT molecular complexity index is 497. The number of carboxylic acids is 1. The number of benzene rings is 1. The number of aliphatic carboxylic acids is 1. The van der Waals surface area contributed by atoms with E-state index in [4.69, 9.17) is 9.84 Å². The lowest BCUT2D eigenvalue weighted by Crippen LogP contribution is -2.14. The molecule has 0 saturated carbocycles. The van der Waals surface area contributed by atoms with Gasteiger partial charge in [-0.2, -0.15) is 0 Å². The Morgan fingerprint density at radius 1 is 1.47 bits per heavy atom. The topological polar surface area (TPSA) is 92.7 Å². The molecule has 2 N–H and O–H groups in total. The van der Waals surface area contributed by atoms with Crippen LogP contribution >= 0.6 is 0 Å². The van der Waals surface area contributed by atoms with E-state index in [9.17, 15) is 13.2 Å². The normalized spacial score (nSPS) is 10.9. The fourth-order valence-electron chi connectivity index (χ4n) is 1.05. The molecule has 7 heteroatoms. The predicted octanol–water partition coefficient (Wildman–Crippen LogP) is 0.912. The summed E-state index contributed by atoms with van der Waals surface area (Å²) in [5, 5.41) is 8.43. The third kappa shape index (κ3) is 4.73. The highest BCUT2D eigenvalue weighted by molar-refractivity contribution is 7.92. The van der Waals surface area contributed by atoms with E-state index in [0.29, 0.717) is 11.4 Å². The van der Waals surface area contributed by atoms with Crippen molar-refractivity contribution in [3.63, 3.8) is 0 Å². The number of hydrogen-bond acceptors (Lipinski definition) is 4. The van der Waals surface area contributed by atoms with Crippen LogP contribution in [0.5, 0.6) is 5.75 Å². The summed E-state index contributed by atoms with van der Waals surface area (Å²) < 4.78 is 29.9. The summed E-state index contributed by atoms with van der Waals surface area (Å²) in [5.41, 5.74) is 0.342. The third-order valence-electron chi connectivity index (χ3n) is 1.85. The maximum atomic E-state index is 11.3. The molecule has 0 fully saturated rings. The van der Waals surface area contributed by atoms with Crippen LogP contribution in [0.4, 0.5) is 5.69 Å². The standard InChI is InChI=1S/C10H13NO5S/c1-2-17(14,15)11-8-4-3-5-9(6-8)16-7-10(12)13/h3-6,11H,2,7H2,1H3,(H,12,13). The van der Waals surface area contributed by atoms with E-state index < -0.39 is 22.6 Å². The van der Waals surface area contributed by atoms with Crippen molar-refractivity contribution in [1.29, 1.82) is 0 Å². The molecular formula is C10H13NO5S. The Labute approximate surface area is 99.3 Å². The van der Waals surface area contributed by atoms with Gasteiger partial charge in [0.25, 0.3) is 0 Å². The van der Waals surface area contributed by atoms with Gasteiger partial charge in [0.05, 0.1) is 11.4 Å². The Morgan fingerprint density at radius 2 is 2.18 bits per heavy atom. The molecule has 0 bridgehead atoms. The smallest absolute Gasteiger partial charge is 0.341 e. The first kappa shape index (κ1) is 13.3. The zero-order valence-electron chi connectivity index (χ0n) is 9.21. The molecule has 1 aromatic carbocycles. The van der Waals surface area contributed by atoms with Gasteiger partial charge >= 0.3 is 5.97 Å². The fraction of sp³-hybridized carbons (Fsp3) is 0.300. The summed E-state index contributed by atoms with van der Waals surface area (Å²) >= 11 is 0. The van der Waals surface area contributed by atoms with E-state index >= 15 is 0 Å². The van der Waals surface area contributed by atoms with Gasteiger partial charge in [-0.3, -0.25) is 4.72 Å². The Morgan fingerprint density at radius 3 is 2.76 bits per heavy atom. The van der Waals surface area contributed by atoms with Gasteiger partial charge in [-0.05, 0) is 19.1 Å².